The van der Waals surface area contributed by atoms with E-state index in [1.165, 1.54) is 180 Å². The van der Waals surface area contributed by atoms with Crippen molar-refractivity contribution in [3.05, 3.63) is 36.5 Å². The molecule has 0 spiro atoms. The van der Waals surface area contributed by atoms with Gasteiger partial charge in [0.15, 0.2) is 0 Å². The van der Waals surface area contributed by atoms with Gasteiger partial charge in [0.2, 0.25) is 0 Å². The average molecular weight is 1770 g/mol. The van der Waals surface area contributed by atoms with Crippen LogP contribution in [-0.4, -0.2) is 302 Å². The Morgan fingerprint density at radius 3 is 0.504 bits per heavy atom. The molecule has 0 atom stereocenters. The van der Waals surface area contributed by atoms with Crippen LogP contribution in [0, 0.1) is 0 Å². The maximum Gasteiger partial charge on any atom is 0.305 e. The zero-order valence-electron chi connectivity index (χ0n) is 78.6. The number of hydrogen-bond acceptors (Lipinski definition) is 26. The summed E-state index contributed by atoms with van der Waals surface area (Å²) in [6.45, 7) is 24.7. The van der Waals surface area contributed by atoms with Crippen molar-refractivity contribution in [1.82, 2.24) is 0 Å². The fraction of sp³-hybridized carbons (Fsp3) is 0.907. The highest BCUT2D eigenvalue weighted by atomic mass is 16.6. The fourth-order valence-corrected chi connectivity index (χ4v) is 12.3. The molecular formula is C97H184O26. The maximum atomic E-state index is 12.7. The molecule has 0 aromatic rings. The van der Waals surface area contributed by atoms with Gasteiger partial charge in [0.05, 0.1) is 258 Å². The van der Waals surface area contributed by atoms with Crippen molar-refractivity contribution in [3.63, 3.8) is 0 Å². The van der Waals surface area contributed by atoms with Crippen LogP contribution in [0.15, 0.2) is 36.5 Å². The van der Waals surface area contributed by atoms with Gasteiger partial charge in [-0.2, -0.15) is 0 Å². The summed E-state index contributed by atoms with van der Waals surface area (Å²) in [5, 5.41) is 0. The van der Waals surface area contributed by atoms with Gasteiger partial charge in [-0.3, -0.25) is 14.4 Å². The molecular weight excluding hydrogens is 1580 g/mol. The van der Waals surface area contributed by atoms with Crippen LogP contribution in [0.25, 0.3) is 0 Å². The van der Waals surface area contributed by atoms with Gasteiger partial charge in [-0.25, -0.2) is 0 Å². The standard InChI is InChI=1S/C97H184O26/c1-4-7-10-13-16-19-22-25-28-31-34-37-40-43-46-49-95(98)121-91-89-119-87-85-117-83-81-115-79-77-113-75-73-111-71-69-109-67-65-107-63-61-105-59-57-103-55-53-101-52-54-102-56-58-104-60-62-106-64-66-108-68-70-110-72-74-112-76-78-114-80-82-116-84-86-118-88-90-120-94(92-122-96(99)50-47-44-41-38-35-32-29-26-23-20-17-14-11-8-5-2)93-123-97(100)51-48-45-42-39-36-33-30-27-24-21-18-15-12-9-6-3/h25-30,94H,4-24,31-93H2,1-3H3/b28-25+,29-26+,30-27+. The van der Waals surface area contributed by atoms with Crippen LogP contribution in [0.2, 0.25) is 0 Å². The predicted octanol–water partition coefficient (Wildman–Crippen LogP) is 18.4. The summed E-state index contributed by atoms with van der Waals surface area (Å²) < 4.78 is 128. The van der Waals surface area contributed by atoms with Crippen LogP contribution in [0.1, 0.15) is 290 Å². The summed E-state index contributed by atoms with van der Waals surface area (Å²) in [4.78, 5) is 37.4. The average Bonchev–Trinajstić information content (AvgIpc) is 0.960. The van der Waals surface area contributed by atoms with Crippen LogP contribution in [0.4, 0.5) is 0 Å². The van der Waals surface area contributed by atoms with E-state index in [1.54, 1.807) is 0 Å². The zero-order valence-corrected chi connectivity index (χ0v) is 78.6. The molecule has 0 amide bonds. The smallest absolute Gasteiger partial charge is 0.305 e. The predicted molar refractivity (Wildman–Crippen MR) is 487 cm³/mol. The second-order valence-corrected chi connectivity index (χ2v) is 30.7. The molecule has 123 heavy (non-hydrogen) atoms. The lowest BCUT2D eigenvalue weighted by molar-refractivity contribution is -0.156. The van der Waals surface area contributed by atoms with E-state index in [0.717, 1.165) is 70.6 Å². The Labute approximate surface area is 748 Å². The molecule has 26 heteroatoms. The first-order valence-corrected chi connectivity index (χ1v) is 49.0. The Balaban J connectivity index is 3.58. The first kappa shape index (κ1) is 120. The van der Waals surface area contributed by atoms with Crippen LogP contribution in [-0.2, 0) is 123 Å². The summed E-state index contributed by atoms with van der Waals surface area (Å²) >= 11 is 0. The van der Waals surface area contributed by atoms with Crippen molar-refractivity contribution >= 4 is 17.9 Å². The number of hydrogen-bond donors (Lipinski definition) is 0. The van der Waals surface area contributed by atoms with Gasteiger partial charge in [0, 0.05) is 19.3 Å². The SMILES string of the molecule is CCCCCCCC/C=C/CCCCCCCC(=O)OCCOCCOCCOCCOCCOCCOCCOCCOCCOCCOCCOCCOCCOCCOCCOCCOCCOCCOCCOCCOC(COC(=O)CCCCCCC/C=C/CCCCCCCC)COC(=O)CCCCCCC/C=C/CCCCCCCC. The molecule has 0 unspecified atom stereocenters. The minimum atomic E-state index is -0.577. The molecule has 0 aliphatic rings. The summed E-state index contributed by atoms with van der Waals surface area (Å²) in [6.07, 6.45) is 61.9. The van der Waals surface area contributed by atoms with Gasteiger partial charge < -0.3 is 109 Å². The third-order valence-corrected chi connectivity index (χ3v) is 19.6. The second-order valence-electron chi connectivity index (χ2n) is 30.7. The molecule has 0 saturated carbocycles. The van der Waals surface area contributed by atoms with Crippen molar-refractivity contribution in [2.45, 2.75) is 297 Å². The molecule has 0 aliphatic heterocycles. The topological polar surface area (TPSA) is 263 Å². The largest absolute Gasteiger partial charge is 0.463 e. The first-order valence-electron chi connectivity index (χ1n) is 49.0. The molecule has 728 valence electrons. The van der Waals surface area contributed by atoms with Gasteiger partial charge in [-0.05, 0) is 96.3 Å². The lowest BCUT2D eigenvalue weighted by Gasteiger charge is -2.18. The minimum Gasteiger partial charge on any atom is -0.463 e. The first-order chi connectivity index (χ1) is 61.0. The molecule has 0 aliphatic carbocycles. The van der Waals surface area contributed by atoms with Crippen molar-refractivity contribution in [2.75, 3.05) is 277 Å². The second kappa shape index (κ2) is 111. The van der Waals surface area contributed by atoms with Gasteiger partial charge in [0.1, 0.15) is 25.9 Å². The van der Waals surface area contributed by atoms with E-state index >= 15 is 0 Å². The highest BCUT2D eigenvalue weighted by Gasteiger charge is 2.17. The van der Waals surface area contributed by atoms with E-state index in [9.17, 15) is 14.4 Å². The lowest BCUT2D eigenvalue weighted by Crippen LogP contribution is -2.30. The summed E-state index contributed by atoms with van der Waals surface area (Å²) in [7, 11) is 0. The van der Waals surface area contributed by atoms with E-state index in [1.807, 2.05) is 0 Å². The van der Waals surface area contributed by atoms with E-state index in [2.05, 4.69) is 57.2 Å². The molecule has 0 N–H and O–H groups in total. The molecule has 0 fully saturated rings. The molecule has 0 heterocycles. The van der Waals surface area contributed by atoms with Crippen molar-refractivity contribution < 1.29 is 123 Å². The van der Waals surface area contributed by atoms with Gasteiger partial charge in [-0.1, -0.05) is 211 Å². The summed E-state index contributed by atoms with van der Waals surface area (Å²) in [5.41, 5.74) is 0. The number of esters is 3. The third kappa shape index (κ3) is 109. The zero-order chi connectivity index (χ0) is 88.2. The number of allylic oxidation sites excluding steroid dienone is 6. The monoisotopic (exact) mass is 1770 g/mol. The Morgan fingerprint density at radius 2 is 0.317 bits per heavy atom. The number of unbranched alkanes of at least 4 members (excludes halogenated alkanes) is 33. The number of ether oxygens (including phenoxy) is 23. The molecule has 0 aromatic carbocycles. The van der Waals surface area contributed by atoms with Crippen LogP contribution in [0.5, 0.6) is 0 Å². The van der Waals surface area contributed by atoms with Crippen LogP contribution in [0.3, 0.4) is 0 Å². The van der Waals surface area contributed by atoms with Gasteiger partial charge in [-0.15, -0.1) is 0 Å². The van der Waals surface area contributed by atoms with Crippen molar-refractivity contribution in [3.8, 4) is 0 Å². The minimum absolute atomic E-state index is 0.0227. The quantitative estimate of drug-likeness (QED) is 0.0237. The van der Waals surface area contributed by atoms with Crippen molar-refractivity contribution in [2.24, 2.45) is 0 Å². The Bertz CT molecular complexity index is 2060. The lowest BCUT2D eigenvalue weighted by atomic mass is 10.1. The number of carbonyl (C=O) groups excluding carboxylic acids is 3. The van der Waals surface area contributed by atoms with Crippen molar-refractivity contribution in [1.29, 1.82) is 0 Å². The molecule has 0 radical (unpaired) electrons. The Morgan fingerprint density at radius 1 is 0.171 bits per heavy atom. The third-order valence-electron chi connectivity index (χ3n) is 19.6. The van der Waals surface area contributed by atoms with Gasteiger partial charge in [0.25, 0.3) is 0 Å². The van der Waals surface area contributed by atoms with E-state index in [-0.39, 0.29) is 44.3 Å². The van der Waals surface area contributed by atoms with E-state index in [0.29, 0.717) is 270 Å². The highest BCUT2D eigenvalue weighted by Crippen LogP contribution is 2.15. The maximum absolute atomic E-state index is 12.7. The number of rotatable bonds is 110. The fourth-order valence-electron chi connectivity index (χ4n) is 12.3. The molecule has 0 aromatic heterocycles. The van der Waals surface area contributed by atoms with Crippen LogP contribution >= 0.6 is 0 Å². The molecule has 26 nitrogen and oxygen atoms in total. The molecule has 0 saturated heterocycles. The number of carbonyl (C=O) groups is 3. The van der Waals surface area contributed by atoms with Gasteiger partial charge >= 0.3 is 17.9 Å². The molecule has 0 rings (SSSR count). The Hall–Kier alpha value is -3.17. The summed E-state index contributed by atoms with van der Waals surface area (Å²) in [6, 6.07) is 0. The van der Waals surface area contributed by atoms with E-state index in [4.69, 9.17) is 109 Å². The Kier molecular flexibility index (Phi) is 108. The van der Waals surface area contributed by atoms with E-state index < -0.39 is 6.10 Å². The summed E-state index contributed by atoms with van der Waals surface area (Å²) in [5.74, 6) is -0.658. The highest BCUT2D eigenvalue weighted by molar-refractivity contribution is 5.70. The molecule has 0 bridgehead atoms. The normalized spacial score (nSPS) is 11.9. The van der Waals surface area contributed by atoms with Crippen LogP contribution < -0.4 is 0 Å².